The lowest BCUT2D eigenvalue weighted by molar-refractivity contribution is -0.138. The van der Waals surface area contributed by atoms with Crippen molar-refractivity contribution in [1.82, 2.24) is 4.72 Å². The molecule has 0 radical (unpaired) electrons. The van der Waals surface area contributed by atoms with Crippen molar-refractivity contribution in [2.45, 2.75) is 17.9 Å². The Morgan fingerprint density at radius 3 is 2.42 bits per heavy atom. The van der Waals surface area contributed by atoms with Crippen LogP contribution in [-0.2, 0) is 14.8 Å². The minimum absolute atomic E-state index is 0.0736. The van der Waals surface area contributed by atoms with E-state index < -0.39 is 22.0 Å². The lowest BCUT2D eigenvalue weighted by Gasteiger charge is -2.13. The highest BCUT2D eigenvalue weighted by atomic mass is 32.2. The molecule has 0 aliphatic rings. The van der Waals surface area contributed by atoms with Gasteiger partial charge in [-0.25, -0.2) is 8.42 Å². The first-order valence-corrected chi connectivity index (χ1v) is 6.77. The Morgan fingerprint density at radius 1 is 1.32 bits per heavy atom. The lowest BCUT2D eigenvalue weighted by atomic mass is 10.3. The third-order valence-corrected chi connectivity index (χ3v) is 3.94. The number of carboxylic acids is 1. The second kappa shape index (κ2) is 5.89. The average Bonchev–Trinajstić information content (AvgIpc) is 2.37. The van der Waals surface area contributed by atoms with Gasteiger partial charge in [0.1, 0.15) is 22.4 Å². The zero-order chi connectivity index (χ0) is 14.6. The molecule has 0 spiro atoms. The number of aliphatic carboxylic acids is 1. The molecule has 1 atom stereocenters. The van der Waals surface area contributed by atoms with Gasteiger partial charge in [0.05, 0.1) is 14.2 Å². The Labute approximate surface area is 111 Å². The van der Waals surface area contributed by atoms with Gasteiger partial charge in [0.2, 0.25) is 10.0 Å². The minimum atomic E-state index is -3.98. The first-order valence-electron chi connectivity index (χ1n) is 5.29. The van der Waals surface area contributed by atoms with Crippen molar-refractivity contribution in [2.75, 3.05) is 14.2 Å². The number of benzene rings is 1. The van der Waals surface area contributed by atoms with Gasteiger partial charge < -0.3 is 14.6 Å². The van der Waals surface area contributed by atoms with Gasteiger partial charge >= 0.3 is 5.97 Å². The van der Waals surface area contributed by atoms with Crippen molar-refractivity contribution in [1.29, 1.82) is 0 Å². The molecule has 0 aromatic heterocycles. The van der Waals surface area contributed by atoms with Crippen LogP contribution in [0.15, 0.2) is 23.1 Å². The van der Waals surface area contributed by atoms with Crippen LogP contribution in [-0.4, -0.2) is 39.8 Å². The third kappa shape index (κ3) is 3.58. The normalized spacial score (nSPS) is 12.8. The molecule has 1 rings (SSSR count). The SMILES string of the molecule is COc1ccc(S(=O)(=O)N[C@@H](C)C(=O)O)c(OC)c1. The number of carboxylic acid groups (broad SMARTS) is 1. The number of carbonyl (C=O) groups is 1. The zero-order valence-electron chi connectivity index (χ0n) is 10.7. The van der Waals surface area contributed by atoms with Crippen LogP contribution in [0.1, 0.15) is 6.92 Å². The second-order valence-electron chi connectivity index (χ2n) is 3.70. The van der Waals surface area contributed by atoms with Crippen molar-refractivity contribution in [3.05, 3.63) is 18.2 Å². The van der Waals surface area contributed by atoms with E-state index in [2.05, 4.69) is 0 Å². The van der Waals surface area contributed by atoms with Crippen molar-refractivity contribution in [2.24, 2.45) is 0 Å². The second-order valence-corrected chi connectivity index (χ2v) is 5.38. The molecule has 7 nitrogen and oxygen atoms in total. The molecule has 0 bridgehead atoms. The average molecular weight is 289 g/mol. The summed E-state index contributed by atoms with van der Waals surface area (Å²) in [5, 5.41) is 8.72. The van der Waals surface area contributed by atoms with E-state index in [4.69, 9.17) is 14.6 Å². The fourth-order valence-electron chi connectivity index (χ4n) is 1.34. The molecule has 0 aliphatic heterocycles. The van der Waals surface area contributed by atoms with Gasteiger partial charge in [-0.1, -0.05) is 0 Å². The van der Waals surface area contributed by atoms with Gasteiger partial charge in [0.25, 0.3) is 0 Å². The van der Waals surface area contributed by atoms with Crippen LogP contribution in [0.2, 0.25) is 0 Å². The van der Waals surface area contributed by atoms with Crippen molar-refractivity contribution in [3.63, 3.8) is 0 Å². The summed E-state index contributed by atoms with van der Waals surface area (Å²) in [4.78, 5) is 10.5. The van der Waals surface area contributed by atoms with E-state index in [-0.39, 0.29) is 10.6 Å². The summed E-state index contributed by atoms with van der Waals surface area (Å²) in [5.41, 5.74) is 0. The molecule has 8 heteroatoms. The maximum Gasteiger partial charge on any atom is 0.321 e. The van der Waals surface area contributed by atoms with Crippen LogP contribution in [0.25, 0.3) is 0 Å². The van der Waals surface area contributed by atoms with Crippen LogP contribution < -0.4 is 14.2 Å². The fourth-order valence-corrected chi connectivity index (χ4v) is 2.69. The Morgan fingerprint density at radius 2 is 1.95 bits per heavy atom. The summed E-state index contributed by atoms with van der Waals surface area (Å²) in [7, 11) is -1.23. The van der Waals surface area contributed by atoms with Crippen LogP contribution in [0.5, 0.6) is 11.5 Å². The van der Waals surface area contributed by atoms with Gasteiger partial charge in [-0.15, -0.1) is 0 Å². The summed E-state index contributed by atoms with van der Waals surface area (Å²) in [6.45, 7) is 1.23. The molecule has 0 amide bonds. The van der Waals surface area contributed by atoms with Crippen molar-refractivity contribution >= 4 is 16.0 Å². The summed E-state index contributed by atoms with van der Waals surface area (Å²) >= 11 is 0. The van der Waals surface area contributed by atoms with E-state index in [1.807, 2.05) is 4.72 Å². The van der Waals surface area contributed by atoms with E-state index in [0.29, 0.717) is 5.75 Å². The first-order chi connectivity index (χ1) is 8.81. The van der Waals surface area contributed by atoms with E-state index in [0.717, 1.165) is 0 Å². The largest absolute Gasteiger partial charge is 0.497 e. The number of ether oxygens (including phenoxy) is 2. The lowest BCUT2D eigenvalue weighted by Crippen LogP contribution is -2.38. The molecule has 0 unspecified atom stereocenters. The number of methoxy groups -OCH3 is 2. The van der Waals surface area contributed by atoms with E-state index in [1.165, 1.54) is 39.3 Å². The Balaban J connectivity index is 3.17. The first kappa shape index (κ1) is 15.3. The monoisotopic (exact) mass is 289 g/mol. The van der Waals surface area contributed by atoms with E-state index in [1.54, 1.807) is 0 Å². The molecule has 0 heterocycles. The fraction of sp³-hybridized carbons (Fsp3) is 0.364. The van der Waals surface area contributed by atoms with Gasteiger partial charge in [0.15, 0.2) is 0 Å². The maximum atomic E-state index is 12.0. The third-order valence-electron chi connectivity index (χ3n) is 2.36. The summed E-state index contributed by atoms with van der Waals surface area (Å²) < 4.78 is 36.0. The van der Waals surface area contributed by atoms with Crippen molar-refractivity contribution < 1.29 is 27.8 Å². The highest BCUT2D eigenvalue weighted by Crippen LogP contribution is 2.28. The number of sulfonamides is 1. The molecule has 1 aromatic carbocycles. The van der Waals surface area contributed by atoms with Gasteiger partial charge in [-0.3, -0.25) is 4.79 Å². The van der Waals surface area contributed by atoms with Crippen LogP contribution in [0.4, 0.5) is 0 Å². The summed E-state index contributed by atoms with van der Waals surface area (Å²) in [5.74, 6) is -0.762. The molecule has 1 aromatic rings. The maximum absolute atomic E-state index is 12.0. The van der Waals surface area contributed by atoms with Crippen molar-refractivity contribution in [3.8, 4) is 11.5 Å². The molecular formula is C11H15NO6S. The molecule has 19 heavy (non-hydrogen) atoms. The predicted molar refractivity (Wildman–Crippen MR) is 67.0 cm³/mol. The van der Waals surface area contributed by atoms with E-state index in [9.17, 15) is 13.2 Å². The van der Waals surface area contributed by atoms with Gasteiger partial charge in [0, 0.05) is 6.07 Å². The van der Waals surface area contributed by atoms with Crippen LogP contribution in [0.3, 0.4) is 0 Å². The predicted octanol–water partition coefficient (Wildman–Crippen LogP) is 0.455. The minimum Gasteiger partial charge on any atom is -0.497 e. The van der Waals surface area contributed by atoms with E-state index >= 15 is 0 Å². The molecule has 106 valence electrons. The Hall–Kier alpha value is -1.80. The summed E-state index contributed by atoms with van der Waals surface area (Å²) in [6.07, 6.45) is 0. The quantitative estimate of drug-likeness (QED) is 0.788. The Kier molecular flexibility index (Phi) is 4.73. The number of rotatable bonds is 6. The highest BCUT2D eigenvalue weighted by molar-refractivity contribution is 7.89. The topological polar surface area (TPSA) is 102 Å². The van der Waals surface area contributed by atoms with Crippen LogP contribution in [0, 0.1) is 0 Å². The number of hydrogen-bond acceptors (Lipinski definition) is 5. The van der Waals surface area contributed by atoms with Gasteiger partial charge in [-0.05, 0) is 19.1 Å². The standard InChI is InChI=1S/C11H15NO6S/c1-7(11(13)14)12-19(15,16)10-5-4-8(17-2)6-9(10)18-3/h4-7,12H,1-3H3,(H,13,14)/t7-/m0/s1. The molecule has 2 N–H and O–H groups in total. The molecule has 0 saturated carbocycles. The van der Waals surface area contributed by atoms with Crippen LogP contribution >= 0.6 is 0 Å². The summed E-state index contributed by atoms with van der Waals surface area (Å²) in [6, 6.07) is 2.90. The molecule has 0 fully saturated rings. The number of hydrogen-bond donors (Lipinski definition) is 2. The highest BCUT2D eigenvalue weighted by Gasteiger charge is 2.24. The number of nitrogens with one attached hydrogen (secondary N) is 1. The zero-order valence-corrected chi connectivity index (χ0v) is 11.5. The molecular weight excluding hydrogens is 274 g/mol. The Bertz CT molecular complexity index is 569. The van der Waals surface area contributed by atoms with Gasteiger partial charge in [-0.2, -0.15) is 4.72 Å². The molecule has 0 aliphatic carbocycles. The smallest absolute Gasteiger partial charge is 0.321 e. The molecule has 0 saturated heterocycles.